The van der Waals surface area contributed by atoms with Gasteiger partial charge in [0.1, 0.15) is 0 Å². The number of nitrogens with zero attached hydrogens (tertiary/aromatic N) is 2. The van der Waals surface area contributed by atoms with Crippen molar-refractivity contribution in [3.05, 3.63) is 17.5 Å². The van der Waals surface area contributed by atoms with Crippen LogP contribution in [0.4, 0.5) is 0 Å². The van der Waals surface area contributed by atoms with Crippen molar-refractivity contribution in [3.63, 3.8) is 0 Å². The lowest BCUT2D eigenvalue weighted by atomic mass is 9.75. The molecule has 2 rings (SSSR count). The van der Waals surface area contributed by atoms with E-state index in [-0.39, 0.29) is 16.2 Å². The fourth-order valence-electron chi connectivity index (χ4n) is 2.97. The van der Waals surface area contributed by atoms with Crippen molar-refractivity contribution in [1.82, 2.24) is 14.5 Å². The van der Waals surface area contributed by atoms with Gasteiger partial charge in [-0.15, -0.1) is 0 Å². The number of hydrogen-bond donors (Lipinski definition) is 1. The zero-order valence-electron chi connectivity index (χ0n) is 15.1. The van der Waals surface area contributed by atoms with Gasteiger partial charge in [-0.3, -0.25) is 4.68 Å². The molecule has 1 N–H and O–H groups in total. The molecule has 1 heterocycles. The van der Waals surface area contributed by atoms with Crippen LogP contribution in [0, 0.1) is 11.3 Å². The molecule has 0 saturated carbocycles. The third kappa shape index (κ3) is 4.19. The predicted octanol–water partition coefficient (Wildman–Crippen LogP) is 3.60. The van der Waals surface area contributed by atoms with Gasteiger partial charge in [0.05, 0.1) is 21.4 Å². The molecule has 0 radical (unpaired) electrons. The molecule has 1 aromatic rings. The van der Waals surface area contributed by atoms with Crippen molar-refractivity contribution < 1.29 is 4.21 Å². The highest BCUT2D eigenvalue weighted by atomic mass is 32.2. The van der Waals surface area contributed by atoms with Gasteiger partial charge in [-0.05, 0) is 44.9 Å². The number of nitrogens with one attached hydrogen (secondary N) is 1. The fourth-order valence-corrected chi connectivity index (χ4v) is 3.79. The fraction of sp³-hybridized carbons (Fsp3) is 0.824. The van der Waals surface area contributed by atoms with E-state index in [0.29, 0.717) is 5.92 Å². The minimum Gasteiger partial charge on any atom is -0.272 e. The molecule has 1 aromatic heterocycles. The van der Waals surface area contributed by atoms with Gasteiger partial charge < -0.3 is 0 Å². The first kappa shape index (κ1) is 17.7. The van der Waals surface area contributed by atoms with Crippen LogP contribution in [-0.4, -0.2) is 18.7 Å². The third-order valence-corrected chi connectivity index (χ3v) is 5.62. The van der Waals surface area contributed by atoms with Gasteiger partial charge in [0.2, 0.25) is 0 Å². The smallest absolute Gasteiger partial charge is 0.0975 e. The lowest BCUT2D eigenvalue weighted by Crippen LogP contribution is -2.39. The average molecular weight is 326 g/mol. The summed E-state index contributed by atoms with van der Waals surface area (Å²) in [5.74, 6) is 0.574. The summed E-state index contributed by atoms with van der Waals surface area (Å²) in [6.07, 6.45) is 4.14. The van der Waals surface area contributed by atoms with E-state index in [2.05, 4.69) is 43.3 Å². The summed E-state index contributed by atoms with van der Waals surface area (Å²) in [4.78, 5) is 0. The van der Waals surface area contributed by atoms with Gasteiger partial charge in [0, 0.05) is 24.3 Å². The molecule has 0 aromatic carbocycles. The Hall–Kier alpha value is -0.680. The van der Waals surface area contributed by atoms with E-state index in [1.54, 1.807) is 0 Å². The molecule has 0 bridgehead atoms. The summed E-state index contributed by atoms with van der Waals surface area (Å²) in [6, 6.07) is 0.125. The molecule has 126 valence electrons. The molecular formula is C17H31N3OS. The van der Waals surface area contributed by atoms with Crippen molar-refractivity contribution in [2.24, 2.45) is 11.3 Å². The second kappa shape index (κ2) is 6.08. The van der Waals surface area contributed by atoms with E-state index in [9.17, 15) is 4.21 Å². The lowest BCUT2D eigenvalue weighted by Gasteiger charge is -2.35. The summed E-state index contributed by atoms with van der Waals surface area (Å²) in [6.45, 7) is 15.9. The van der Waals surface area contributed by atoms with Crippen LogP contribution in [-0.2, 0) is 24.0 Å². The van der Waals surface area contributed by atoms with Gasteiger partial charge in [-0.2, -0.15) is 5.10 Å². The highest BCUT2D eigenvalue weighted by molar-refractivity contribution is 7.84. The molecule has 0 spiro atoms. The molecule has 22 heavy (non-hydrogen) atoms. The quantitative estimate of drug-likeness (QED) is 0.919. The predicted molar refractivity (Wildman–Crippen MR) is 92.9 cm³/mol. The minimum absolute atomic E-state index is 0.125. The van der Waals surface area contributed by atoms with E-state index in [1.165, 1.54) is 11.3 Å². The Bertz CT molecular complexity index is 555. The van der Waals surface area contributed by atoms with E-state index in [0.717, 1.165) is 19.4 Å². The Kier molecular flexibility index (Phi) is 4.88. The maximum Gasteiger partial charge on any atom is 0.0975 e. The summed E-state index contributed by atoms with van der Waals surface area (Å²) in [5.41, 5.74) is 2.59. The highest BCUT2D eigenvalue weighted by Gasteiger charge is 2.36. The molecule has 0 amide bonds. The standard InChI is InChI=1S/C17H31N3OS/c1-12(2)10-20-11-13-14(18-20)8-17(6,7)9-15(13)19-22(21)16(3,4)5/h11-12,15,19H,8-10H2,1-7H3/t15-,22-/m0/s1. The molecular weight excluding hydrogens is 294 g/mol. The lowest BCUT2D eigenvalue weighted by molar-refractivity contribution is 0.271. The van der Waals surface area contributed by atoms with Crippen LogP contribution >= 0.6 is 0 Å². The molecule has 0 unspecified atom stereocenters. The molecule has 5 heteroatoms. The van der Waals surface area contributed by atoms with E-state index in [1.807, 2.05) is 20.8 Å². The second-order valence-electron chi connectivity index (χ2n) is 8.74. The van der Waals surface area contributed by atoms with Crippen LogP contribution in [0.5, 0.6) is 0 Å². The van der Waals surface area contributed by atoms with Crippen molar-refractivity contribution in [3.8, 4) is 0 Å². The Morgan fingerprint density at radius 2 is 2.09 bits per heavy atom. The average Bonchev–Trinajstić information content (AvgIpc) is 2.67. The Balaban J connectivity index is 2.28. The van der Waals surface area contributed by atoms with Crippen LogP contribution in [0.15, 0.2) is 6.20 Å². The van der Waals surface area contributed by atoms with Gasteiger partial charge in [-0.1, -0.05) is 27.7 Å². The topological polar surface area (TPSA) is 46.9 Å². The van der Waals surface area contributed by atoms with Crippen LogP contribution in [0.1, 0.15) is 72.2 Å². The molecule has 1 aliphatic carbocycles. The number of hydrogen-bond acceptors (Lipinski definition) is 2. The first-order chi connectivity index (χ1) is 9.98. The monoisotopic (exact) mass is 325 g/mol. The van der Waals surface area contributed by atoms with Crippen LogP contribution in [0.25, 0.3) is 0 Å². The maximum absolute atomic E-state index is 12.5. The highest BCUT2D eigenvalue weighted by Crippen LogP contribution is 2.40. The van der Waals surface area contributed by atoms with Crippen molar-refractivity contribution in [2.45, 2.75) is 78.6 Å². The summed E-state index contributed by atoms with van der Waals surface area (Å²) in [5, 5.41) is 4.78. The van der Waals surface area contributed by atoms with Crippen molar-refractivity contribution >= 4 is 11.0 Å². The molecule has 0 saturated heterocycles. The first-order valence-electron chi connectivity index (χ1n) is 8.22. The van der Waals surface area contributed by atoms with Crippen molar-refractivity contribution in [1.29, 1.82) is 0 Å². The van der Waals surface area contributed by atoms with Gasteiger partial charge >= 0.3 is 0 Å². The molecule has 0 fully saturated rings. The zero-order chi connectivity index (χ0) is 16.7. The summed E-state index contributed by atoms with van der Waals surface area (Å²) >= 11 is 0. The van der Waals surface area contributed by atoms with Gasteiger partial charge in [0.15, 0.2) is 0 Å². The van der Waals surface area contributed by atoms with E-state index < -0.39 is 11.0 Å². The normalized spacial score (nSPS) is 22.6. The molecule has 4 nitrogen and oxygen atoms in total. The first-order valence-corrected chi connectivity index (χ1v) is 9.37. The van der Waals surface area contributed by atoms with Crippen molar-refractivity contribution in [2.75, 3.05) is 0 Å². The van der Waals surface area contributed by atoms with Crippen LogP contribution in [0.2, 0.25) is 0 Å². The Labute approximate surface area is 137 Å². The molecule has 2 atom stereocenters. The Morgan fingerprint density at radius 3 is 2.64 bits per heavy atom. The van der Waals surface area contributed by atoms with Gasteiger partial charge in [-0.25, -0.2) is 8.93 Å². The number of fused-ring (bicyclic) bond motifs is 1. The van der Waals surface area contributed by atoms with Crippen LogP contribution < -0.4 is 4.72 Å². The van der Waals surface area contributed by atoms with Gasteiger partial charge in [0.25, 0.3) is 0 Å². The summed E-state index contributed by atoms with van der Waals surface area (Å²) in [7, 11) is -1.06. The second-order valence-corrected chi connectivity index (χ2v) is 10.7. The SMILES string of the molecule is CC(C)Cn1cc2c(n1)CC(C)(C)C[C@@H]2N[S@@](=O)C(C)(C)C. The maximum atomic E-state index is 12.5. The zero-order valence-corrected chi connectivity index (χ0v) is 15.9. The number of aromatic nitrogens is 2. The van der Waals surface area contributed by atoms with E-state index in [4.69, 9.17) is 5.10 Å². The third-order valence-electron chi connectivity index (χ3n) is 4.01. The Morgan fingerprint density at radius 1 is 1.45 bits per heavy atom. The van der Waals surface area contributed by atoms with E-state index >= 15 is 0 Å². The molecule has 1 aliphatic rings. The minimum atomic E-state index is -1.06. The summed E-state index contributed by atoms with van der Waals surface area (Å²) < 4.78 is 17.7. The largest absolute Gasteiger partial charge is 0.272 e. The molecule has 0 aliphatic heterocycles. The van der Waals surface area contributed by atoms with Crippen LogP contribution in [0.3, 0.4) is 0 Å². The number of rotatable bonds is 4.